The smallest absolute Gasteiger partial charge is 0.241 e. The van der Waals surface area contributed by atoms with E-state index in [9.17, 15) is 13.2 Å². The predicted octanol–water partition coefficient (Wildman–Crippen LogP) is 3.61. The topological polar surface area (TPSA) is 75.7 Å². The maximum Gasteiger partial charge on any atom is 0.241 e. The van der Waals surface area contributed by atoms with E-state index in [1.54, 1.807) is 12.1 Å². The van der Waals surface area contributed by atoms with Crippen LogP contribution in [0.25, 0.3) is 0 Å². The quantitative estimate of drug-likeness (QED) is 0.736. The Labute approximate surface area is 171 Å². The van der Waals surface area contributed by atoms with Crippen LogP contribution in [0.1, 0.15) is 29.7 Å². The van der Waals surface area contributed by atoms with Crippen molar-refractivity contribution in [2.75, 3.05) is 24.2 Å². The fraction of sp³-hybridized carbons (Fsp3) is 0.350. The third-order valence-corrected chi connectivity index (χ3v) is 5.87. The molecule has 1 atom stereocenters. The SMILES string of the molecule is COc1ccc(Cl)cc1N(CC(=O)NC(C)c1ccc(C)c(C)c1)S(C)(=O)=O. The zero-order chi connectivity index (χ0) is 21.1. The number of nitrogens with one attached hydrogen (secondary N) is 1. The molecular weight excluding hydrogens is 400 g/mol. The van der Waals surface area contributed by atoms with Crippen molar-refractivity contribution in [3.63, 3.8) is 0 Å². The van der Waals surface area contributed by atoms with Crippen LogP contribution in [0.3, 0.4) is 0 Å². The van der Waals surface area contributed by atoms with Gasteiger partial charge < -0.3 is 10.1 Å². The fourth-order valence-corrected chi connectivity index (χ4v) is 3.79. The van der Waals surface area contributed by atoms with Crippen LogP contribution in [0, 0.1) is 13.8 Å². The number of hydrogen-bond donors (Lipinski definition) is 1. The van der Waals surface area contributed by atoms with Gasteiger partial charge in [-0.15, -0.1) is 0 Å². The van der Waals surface area contributed by atoms with E-state index < -0.39 is 15.9 Å². The number of aryl methyl sites for hydroxylation is 2. The van der Waals surface area contributed by atoms with Gasteiger partial charge in [-0.05, 0) is 55.7 Å². The third-order valence-electron chi connectivity index (χ3n) is 4.51. The first-order chi connectivity index (χ1) is 13.0. The summed E-state index contributed by atoms with van der Waals surface area (Å²) in [5, 5.41) is 3.19. The third kappa shape index (κ3) is 5.39. The van der Waals surface area contributed by atoms with Gasteiger partial charge in [0, 0.05) is 5.02 Å². The molecule has 8 heteroatoms. The number of nitrogens with zero attached hydrogens (tertiary/aromatic N) is 1. The van der Waals surface area contributed by atoms with Gasteiger partial charge in [-0.3, -0.25) is 9.10 Å². The minimum absolute atomic E-state index is 0.214. The van der Waals surface area contributed by atoms with Crippen LogP contribution in [0.4, 0.5) is 5.69 Å². The number of methoxy groups -OCH3 is 1. The van der Waals surface area contributed by atoms with Crippen LogP contribution in [0.15, 0.2) is 36.4 Å². The van der Waals surface area contributed by atoms with E-state index in [0.717, 1.165) is 21.7 Å². The van der Waals surface area contributed by atoms with Crippen molar-refractivity contribution in [3.8, 4) is 5.75 Å². The molecule has 0 radical (unpaired) electrons. The van der Waals surface area contributed by atoms with E-state index >= 15 is 0 Å². The van der Waals surface area contributed by atoms with Gasteiger partial charge in [-0.2, -0.15) is 0 Å². The molecule has 1 amide bonds. The zero-order valence-electron chi connectivity index (χ0n) is 16.6. The summed E-state index contributed by atoms with van der Waals surface area (Å²) in [6.07, 6.45) is 1.04. The maximum atomic E-state index is 12.6. The molecule has 2 aromatic rings. The highest BCUT2D eigenvalue weighted by Crippen LogP contribution is 2.32. The zero-order valence-corrected chi connectivity index (χ0v) is 18.2. The molecule has 2 rings (SSSR count). The molecular formula is C20H25ClN2O4S. The number of sulfonamides is 1. The number of hydrogen-bond acceptors (Lipinski definition) is 4. The van der Waals surface area contributed by atoms with Gasteiger partial charge in [0.15, 0.2) is 0 Å². The molecule has 0 aliphatic heterocycles. The lowest BCUT2D eigenvalue weighted by Crippen LogP contribution is -2.41. The highest BCUT2D eigenvalue weighted by molar-refractivity contribution is 7.92. The van der Waals surface area contributed by atoms with Crippen LogP contribution in [-0.4, -0.2) is 34.2 Å². The van der Waals surface area contributed by atoms with Crippen LogP contribution in [0.5, 0.6) is 5.75 Å². The molecule has 0 heterocycles. The summed E-state index contributed by atoms with van der Waals surface area (Å²) in [5.74, 6) is -0.122. The minimum Gasteiger partial charge on any atom is -0.495 e. The van der Waals surface area contributed by atoms with Crippen LogP contribution in [0.2, 0.25) is 5.02 Å². The average Bonchev–Trinajstić information content (AvgIpc) is 2.61. The first kappa shape index (κ1) is 22.0. The van der Waals surface area contributed by atoms with E-state index in [4.69, 9.17) is 16.3 Å². The normalized spacial score (nSPS) is 12.4. The Hall–Kier alpha value is -2.25. The molecule has 2 aromatic carbocycles. The minimum atomic E-state index is -3.74. The molecule has 152 valence electrons. The number of halogens is 1. The van der Waals surface area contributed by atoms with E-state index in [2.05, 4.69) is 5.32 Å². The van der Waals surface area contributed by atoms with E-state index in [-0.39, 0.29) is 18.3 Å². The lowest BCUT2D eigenvalue weighted by Gasteiger charge is -2.25. The molecule has 0 aliphatic carbocycles. The molecule has 1 unspecified atom stereocenters. The van der Waals surface area contributed by atoms with Gasteiger partial charge in [-0.25, -0.2) is 8.42 Å². The van der Waals surface area contributed by atoms with Gasteiger partial charge in [0.05, 0.1) is 25.1 Å². The first-order valence-electron chi connectivity index (χ1n) is 8.70. The number of carbonyl (C=O) groups excluding carboxylic acids is 1. The second-order valence-electron chi connectivity index (χ2n) is 6.72. The molecule has 28 heavy (non-hydrogen) atoms. The fourth-order valence-electron chi connectivity index (χ4n) is 2.77. The highest BCUT2D eigenvalue weighted by Gasteiger charge is 2.25. The summed E-state index contributed by atoms with van der Waals surface area (Å²) in [7, 11) is -2.32. The Bertz CT molecular complexity index is 976. The maximum absolute atomic E-state index is 12.6. The monoisotopic (exact) mass is 424 g/mol. The number of carbonyl (C=O) groups is 1. The summed E-state index contributed by atoms with van der Waals surface area (Å²) >= 11 is 6.02. The molecule has 0 saturated heterocycles. The summed E-state index contributed by atoms with van der Waals surface area (Å²) < 4.78 is 30.9. The standard InChI is InChI=1S/C20H25ClN2O4S/c1-13-6-7-16(10-14(13)2)15(3)22-20(24)12-23(28(5,25)26)18-11-17(21)8-9-19(18)27-4/h6-11,15H,12H2,1-5H3,(H,22,24). The van der Waals surface area contributed by atoms with Crippen LogP contribution < -0.4 is 14.4 Å². The number of amides is 1. The average molecular weight is 425 g/mol. The van der Waals surface area contributed by atoms with E-state index in [1.807, 2.05) is 39.0 Å². The Morgan fingerprint density at radius 3 is 2.43 bits per heavy atom. The molecule has 0 bridgehead atoms. The predicted molar refractivity (Wildman–Crippen MR) is 113 cm³/mol. The van der Waals surface area contributed by atoms with Gasteiger partial charge in [0.2, 0.25) is 15.9 Å². The summed E-state index contributed by atoms with van der Waals surface area (Å²) in [6.45, 7) is 5.49. The molecule has 0 aliphatic rings. The number of anilines is 1. The molecule has 6 nitrogen and oxygen atoms in total. The van der Waals surface area contributed by atoms with Crippen molar-refractivity contribution in [2.45, 2.75) is 26.8 Å². The lowest BCUT2D eigenvalue weighted by atomic mass is 10.0. The van der Waals surface area contributed by atoms with Crippen molar-refractivity contribution in [3.05, 3.63) is 58.1 Å². The van der Waals surface area contributed by atoms with Crippen molar-refractivity contribution < 1.29 is 17.9 Å². The molecule has 0 spiro atoms. The van der Waals surface area contributed by atoms with Crippen molar-refractivity contribution in [2.24, 2.45) is 0 Å². The van der Waals surface area contributed by atoms with Gasteiger partial charge in [0.25, 0.3) is 0 Å². The van der Waals surface area contributed by atoms with Gasteiger partial charge in [0.1, 0.15) is 12.3 Å². The summed E-state index contributed by atoms with van der Waals surface area (Å²) in [5.41, 5.74) is 3.45. The number of benzene rings is 2. The molecule has 0 aromatic heterocycles. The van der Waals surface area contributed by atoms with Gasteiger partial charge in [-0.1, -0.05) is 29.8 Å². The van der Waals surface area contributed by atoms with Crippen molar-refractivity contribution in [1.29, 1.82) is 0 Å². The molecule has 0 fully saturated rings. The molecule has 0 saturated carbocycles. The first-order valence-corrected chi connectivity index (χ1v) is 10.9. The van der Waals surface area contributed by atoms with Crippen molar-refractivity contribution in [1.82, 2.24) is 5.32 Å². The summed E-state index contributed by atoms with van der Waals surface area (Å²) in [4.78, 5) is 12.6. The van der Waals surface area contributed by atoms with E-state index in [0.29, 0.717) is 10.8 Å². The van der Waals surface area contributed by atoms with Gasteiger partial charge >= 0.3 is 0 Å². The van der Waals surface area contributed by atoms with Crippen LogP contribution >= 0.6 is 11.6 Å². The van der Waals surface area contributed by atoms with E-state index in [1.165, 1.54) is 18.7 Å². The largest absolute Gasteiger partial charge is 0.495 e. The second-order valence-corrected chi connectivity index (χ2v) is 9.06. The summed E-state index contributed by atoms with van der Waals surface area (Å²) in [6, 6.07) is 10.3. The Morgan fingerprint density at radius 1 is 1.18 bits per heavy atom. The Balaban J connectivity index is 2.25. The number of rotatable bonds is 7. The van der Waals surface area contributed by atoms with Crippen molar-refractivity contribution >= 4 is 33.2 Å². The Morgan fingerprint density at radius 2 is 1.86 bits per heavy atom. The highest BCUT2D eigenvalue weighted by atomic mass is 35.5. The second kappa shape index (κ2) is 8.84. The number of ether oxygens (including phenoxy) is 1. The van der Waals surface area contributed by atoms with Crippen LogP contribution in [-0.2, 0) is 14.8 Å². The Kier molecular flexibility index (Phi) is 6.96. The lowest BCUT2D eigenvalue weighted by molar-refractivity contribution is -0.120. The molecule has 1 N–H and O–H groups in total.